The van der Waals surface area contributed by atoms with Gasteiger partial charge in [0.05, 0.1) is 13.2 Å². The molecule has 18 heavy (non-hydrogen) atoms. The number of rotatable bonds is 3. The minimum absolute atomic E-state index is 0.327. The number of aliphatic carboxylic acids is 1. The number of ether oxygens (including phenoxy) is 1. The van der Waals surface area contributed by atoms with Crippen LogP contribution >= 0.6 is 0 Å². The number of hydrogen-bond acceptors (Lipinski definition) is 4. The first-order valence-corrected chi connectivity index (χ1v) is 6.23. The van der Waals surface area contributed by atoms with E-state index in [0.29, 0.717) is 26.2 Å². The Hall–Kier alpha value is -1.40. The molecule has 1 saturated heterocycles. The molecule has 0 saturated carbocycles. The van der Waals surface area contributed by atoms with Crippen molar-refractivity contribution in [2.45, 2.75) is 19.5 Å². The van der Waals surface area contributed by atoms with Crippen LogP contribution in [0.25, 0.3) is 0 Å². The van der Waals surface area contributed by atoms with Crippen LogP contribution < -0.4 is 0 Å². The van der Waals surface area contributed by atoms with Crippen molar-refractivity contribution in [1.29, 1.82) is 0 Å². The first-order valence-electron chi connectivity index (χ1n) is 6.23. The Morgan fingerprint density at radius 1 is 1.56 bits per heavy atom. The number of imidazole rings is 1. The average molecular weight is 251 g/mol. The third kappa shape index (κ3) is 1.91. The summed E-state index contributed by atoms with van der Waals surface area (Å²) in [7, 11) is 0. The average Bonchev–Trinajstić information content (AvgIpc) is 2.97. The third-order valence-electron chi connectivity index (χ3n) is 3.91. The molecule has 3 heterocycles. The highest BCUT2D eigenvalue weighted by Crippen LogP contribution is 2.31. The highest BCUT2D eigenvalue weighted by molar-refractivity contribution is 5.75. The topological polar surface area (TPSA) is 67.6 Å². The van der Waals surface area contributed by atoms with Gasteiger partial charge in [0.1, 0.15) is 11.2 Å². The predicted octanol–water partition coefficient (Wildman–Crippen LogP) is 0.190. The van der Waals surface area contributed by atoms with Gasteiger partial charge in [0.2, 0.25) is 0 Å². The van der Waals surface area contributed by atoms with E-state index in [4.69, 9.17) is 4.74 Å². The molecule has 2 aliphatic rings. The predicted molar refractivity (Wildman–Crippen MR) is 63.0 cm³/mol. The van der Waals surface area contributed by atoms with Crippen LogP contribution in [0.15, 0.2) is 12.4 Å². The first-order chi connectivity index (χ1) is 8.70. The van der Waals surface area contributed by atoms with E-state index in [9.17, 15) is 9.90 Å². The fourth-order valence-electron chi connectivity index (χ4n) is 2.75. The van der Waals surface area contributed by atoms with E-state index >= 15 is 0 Å². The summed E-state index contributed by atoms with van der Waals surface area (Å²) in [4.78, 5) is 17.9. The molecule has 0 aromatic carbocycles. The number of hydrogen-bond donors (Lipinski definition) is 1. The number of aromatic nitrogens is 2. The summed E-state index contributed by atoms with van der Waals surface area (Å²) in [5.74, 6) is 0.273. The molecule has 98 valence electrons. The van der Waals surface area contributed by atoms with Crippen LogP contribution in [-0.4, -0.2) is 51.8 Å². The molecule has 2 aliphatic heterocycles. The van der Waals surface area contributed by atoms with Gasteiger partial charge in [0, 0.05) is 38.6 Å². The molecular weight excluding hydrogens is 234 g/mol. The lowest BCUT2D eigenvalue weighted by atomic mass is 9.86. The largest absolute Gasteiger partial charge is 0.481 e. The van der Waals surface area contributed by atoms with Gasteiger partial charge in [-0.05, 0) is 6.42 Å². The lowest BCUT2D eigenvalue weighted by Crippen LogP contribution is -2.46. The zero-order valence-electron chi connectivity index (χ0n) is 10.2. The van der Waals surface area contributed by atoms with Crippen LogP contribution in [0.1, 0.15) is 12.2 Å². The monoisotopic (exact) mass is 251 g/mol. The summed E-state index contributed by atoms with van der Waals surface area (Å²) < 4.78 is 7.41. The van der Waals surface area contributed by atoms with Gasteiger partial charge in [0.15, 0.2) is 0 Å². The molecule has 0 spiro atoms. The van der Waals surface area contributed by atoms with Gasteiger partial charge < -0.3 is 14.4 Å². The molecule has 6 heteroatoms. The molecule has 3 rings (SSSR count). The van der Waals surface area contributed by atoms with Crippen LogP contribution in [0.2, 0.25) is 0 Å². The van der Waals surface area contributed by atoms with Crippen molar-refractivity contribution >= 4 is 5.97 Å². The number of carboxylic acids is 1. The van der Waals surface area contributed by atoms with Crippen molar-refractivity contribution in [3.63, 3.8) is 0 Å². The van der Waals surface area contributed by atoms with E-state index in [0.717, 1.165) is 25.5 Å². The van der Waals surface area contributed by atoms with E-state index in [1.807, 2.05) is 6.20 Å². The third-order valence-corrected chi connectivity index (χ3v) is 3.91. The van der Waals surface area contributed by atoms with Crippen LogP contribution in [0.4, 0.5) is 0 Å². The lowest BCUT2D eigenvalue weighted by Gasteiger charge is -2.33. The van der Waals surface area contributed by atoms with Gasteiger partial charge in [-0.3, -0.25) is 9.69 Å². The molecule has 1 atom stereocenters. The second-order valence-electron chi connectivity index (χ2n) is 5.14. The summed E-state index contributed by atoms with van der Waals surface area (Å²) in [5.41, 5.74) is -0.727. The molecule has 1 aromatic rings. The zero-order valence-corrected chi connectivity index (χ0v) is 10.2. The van der Waals surface area contributed by atoms with Crippen molar-refractivity contribution in [3.05, 3.63) is 18.2 Å². The van der Waals surface area contributed by atoms with Gasteiger partial charge in [-0.15, -0.1) is 0 Å². The number of carboxylic acid groups (broad SMARTS) is 1. The maximum atomic E-state index is 11.5. The Morgan fingerprint density at radius 2 is 2.44 bits per heavy atom. The van der Waals surface area contributed by atoms with Crippen LogP contribution in [0.5, 0.6) is 0 Å². The van der Waals surface area contributed by atoms with Gasteiger partial charge >= 0.3 is 5.97 Å². The van der Waals surface area contributed by atoms with E-state index in [1.54, 1.807) is 6.20 Å². The van der Waals surface area contributed by atoms with Crippen molar-refractivity contribution < 1.29 is 14.6 Å². The maximum Gasteiger partial charge on any atom is 0.313 e. The zero-order chi connectivity index (χ0) is 12.6. The summed E-state index contributed by atoms with van der Waals surface area (Å²) in [6, 6.07) is 0. The number of nitrogens with zero attached hydrogens (tertiary/aromatic N) is 3. The van der Waals surface area contributed by atoms with Gasteiger partial charge in [-0.25, -0.2) is 4.98 Å². The Kier molecular flexibility index (Phi) is 2.83. The van der Waals surface area contributed by atoms with Gasteiger partial charge in [-0.2, -0.15) is 0 Å². The smallest absolute Gasteiger partial charge is 0.313 e. The standard InChI is InChI=1S/C12H17N3O3/c16-11(17)12(1-6-18-9-12)8-14-4-5-15-3-2-13-10(15)7-14/h2-3H,1,4-9H2,(H,16,17). The molecule has 0 amide bonds. The first kappa shape index (κ1) is 11.7. The van der Waals surface area contributed by atoms with E-state index in [1.165, 1.54) is 0 Å². The van der Waals surface area contributed by atoms with Crippen molar-refractivity contribution in [3.8, 4) is 0 Å². The normalized spacial score (nSPS) is 28.2. The molecule has 1 N–H and O–H groups in total. The Labute approximate surface area is 105 Å². The Morgan fingerprint density at radius 3 is 3.17 bits per heavy atom. The van der Waals surface area contributed by atoms with Crippen molar-refractivity contribution in [2.24, 2.45) is 5.41 Å². The molecule has 0 bridgehead atoms. The highest BCUT2D eigenvalue weighted by atomic mass is 16.5. The summed E-state index contributed by atoms with van der Waals surface area (Å²) in [6.07, 6.45) is 4.37. The summed E-state index contributed by atoms with van der Waals surface area (Å²) >= 11 is 0. The van der Waals surface area contributed by atoms with E-state index in [2.05, 4.69) is 14.5 Å². The van der Waals surface area contributed by atoms with Crippen LogP contribution in [0.3, 0.4) is 0 Å². The summed E-state index contributed by atoms with van der Waals surface area (Å²) in [6.45, 7) is 3.91. The van der Waals surface area contributed by atoms with Crippen LogP contribution in [-0.2, 0) is 22.6 Å². The second kappa shape index (κ2) is 4.37. The molecule has 1 fully saturated rings. The van der Waals surface area contributed by atoms with Crippen LogP contribution in [0, 0.1) is 5.41 Å². The fraction of sp³-hybridized carbons (Fsp3) is 0.667. The van der Waals surface area contributed by atoms with Gasteiger partial charge in [-0.1, -0.05) is 0 Å². The minimum atomic E-state index is -0.742. The second-order valence-corrected chi connectivity index (χ2v) is 5.14. The maximum absolute atomic E-state index is 11.5. The number of carbonyl (C=O) groups is 1. The van der Waals surface area contributed by atoms with Crippen molar-refractivity contribution in [1.82, 2.24) is 14.5 Å². The number of fused-ring (bicyclic) bond motifs is 1. The highest BCUT2D eigenvalue weighted by Gasteiger charge is 2.44. The van der Waals surface area contributed by atoms with Gasteiger partial charge in [0.25, 0.3) is 0 Å². The van der Waals surface area contributed by atoms with Crippen molar-refractivity contribution in [2.75, 3.05) is 26.3 Å². The molecule has 1 unspecified atom stereocenters. The minimum Gasteiger partial charge on any atom is -0.481 e. The quantitative estimate of drug-likeness (QED) is 0.830. The SMILES string of the molecule is O=C(O)C1(CN2CCn3ccnc3C2)CCOC1. The summed E-state index contributed by atoms with van der Waals surface area (Å²) in [5, 5.41) is 9.42. The molecule has 0 radical (unpaired) electrons. The lowest BCUT2D eigenvalue weighted by molar-refractivity contribution is -0.150. The molecule has 6 nitrogen and oxygen atoms in total. The Balaban J connectivity index is 1.72. The Bertz CT molecular complexity index is 451. The fourth-order valence-corrected chi connectivity index (χ4v) is 2.75. The van der Waals surface area contributed by atoms with E-state index < -0.39 is 11.4 Å². The molecule has 1 aromatic heterocycles. The molecular formula is C12H17N3O3. The molecule has 0 aliphatic carbocycles. The van der Waals surface area contributed by atoms with E-state index in [-0.39, 0.29) is 0 Å².